The fourth-order valence-electron chi connectivity index (χ4n) is 8.95. The van der Waals surface area contributed by atoms with Crippen LogP contribution in [0.25, 0.3) is 0 Å². The Morgan fingerprint density at radius 2 is 1.21 bits per heavy atom. The average molecular weight is 955 g/mol. The molecule has 0 amide bonds. The first-order valence-corrected chi connectivity index (χ1v) is 24.1. The second-order valence-electron chi connectivity index (χ2n) is 18.7. The second kappa shape index (κ2) is 25.9. The molecule has 66 heavy (non-hydrogen) atoms. The van der Waals surface area contributed by atoms with Gasteiger partial charge in [-0.15, -0.1) is 0 Å². The molecular weight excluding hydrogens is 876 g/mol. The highest BCUT2D eigenvalue weighted by Gasteiger charge is 2.57. The van der Waals surface area contributed by atoms with E-state index in [1.165, 1.54) is 27.7 Å². The van der Waals surface area contributed by atoms with Crippen LogP contribution in [0.2, 0.25) is 0 Å². The van der Waals surface area contributed by atoms with Crippen molar-refractivity contribution in [1.29, 1.82) is 0 Å². The third kappa shape index (κ3) is 14.0. The molecule has 0 aromatic rings. The predicted molar refractivity (Wildman–Crippen MR) is 227 cm³/mol. The van der Waals surface area contributed by atoms with Gasteiger partial charge in [-0.1, -0.05) is 64.7 Å². The third-order valence-electron chi connectivity index (χ3n) is 13.5. The van der Waals surface area contributed by atoms with Crippen LogP contribution in [0.1, 0.15) is 125 Å². The molecule has 0 aromatic heterocycles. The molecule has 5 fully saturated rings. The molecule has 2 bridgehead atoms. The smallest absolute Gasteiger partial charge is 0.311 e. The van der Waals surface area contributed by atoms with Crippen LogP contribution < -0.4 is 0 Å². The van der Waals surface area contributed by atoms with E-state index in [4.69, 9.17) is 47.4 Å². The minimum absolute atomic E-state index is 0.0622. The molecule has 5 saturated heterocycles. The van der Waals surface area contributed by atoms with Gasteiger partial charge in [0.05, 0.1) is 43.0 Å². The number of aliphatic hydroxyl groups excluding tert-OH is 9. The van der Waals surface area contributed by atoms with E-state index >= 15 is 0 Å². The van der Waals surface area contributed by atoms with Crippen LogP contribution in [0, 0.1) is 5.92 Å². The van der Waals surface area contributed by atoms with E-state index < -0.39 is 153 Å². The number of unbranched alkanes of at least 4 members (excludes halogenated alkanes) is 2. The summed E-state index contributed by atoms with van der Waals surface area (Å²) in [6.07, 6.45) is -23.2. The number of hydrogen-bond acceptors (Lipinski definition) is 21. The van der Waals surface area contributed by atoms with Gasteiger partial charge in [0.15, 0.2) is 37.4 Å². The first kappa shape index (κ1) is 55.2. The van der Waals surface area contributed by atoms with Crippen molar-refractivity contribution in [3.8, 4) is 0 Å². The minimum Gasteiger partial charge on any atom is -0.455 e. The molecule has 5 heterocycles. The average Bonchev–Trinajstić information content (AvgIpc) is 3.28. The maximum absolute atomic E-state index is 13.8. The molecule has 0 aromatic carbocycles. The summed E-state index contributed by atoms with van der Waals surface area (Å²) < 4.78 is 61.8. The maximum Gasteiger partial charge on any atom is 0.311 e. The number of carbonyl (C=O) groups excluding carboxylic acids is 2. The number of ether oxygens (including phenoxy) is 10. The van der Waals surface area contributed by atoms with Gasteiger partial charge in [0.2, 0.25) is 0 Å². The van der Waals surface area contributed by atoms with Crippen LogP contribution in [0.3, 0.4) is 0 Å². The van der Waals surface area contributed by atoms with Crippen molar-refractivity contribution < 1.29 is 103 Å². The van der Waals surface area contributed by atoms with Crippen LogP contribution in [0.5, 0.6) is 0 Å². The van der Waals surface area contributed by atoms with Crippen LogP contribution in [-0.2, 0) is 57.0 Å². The summed E-state index contributed by atoms with van der Waals surface area (Å²) >= 11 is 0. The van der Waals surface area contributed by atoms with E-state index in [-0.39, 0.29) is 12.5 Å². The number of esters is 2. The normalized spacial score (nSPS) is 44.8. The highest BCUT2D eigenvalue weighted by atomic mass is 16.8. The van der Waals surface area contributed by atoms with E-state index in [0.717, 1.165) is 51.4 Å². The maximum atomic E-state index is 13.8. The zero-order chi connectivity index (χ0) is 48.4. The van der Waals surface area contributed by atoms with Gasteiger partial charge in [-0.25, -0.2) is 0 Å². The fourth-order valence-corrected chi connectivity index (χ4v) is 8.95. The zero-order valence-corrected chi connectivity index (χ0v) is 39.1. The SMILES string of the molecule is CCCCC[C@@H]1CCCCCCCCCC(=O)O[C@@H]2[C@@H](O[C@@H]3O[C@H](C)[C@@H](O)[C@H](O)[C@H]3O)[C@H](C)O[C@@H](O[C@H]3[C@H](O[C@H]4[C@H](O1)O[C@H](C)[C@@H](O)[C@@H]4O)O[C@H](CO)[C@@H](O)[C@@H]3O)[C@@H]2OC(=O)[C@@H](C)[C@@H](C)O. The van der Waals surface area contributed by atoms with E-state index in [1.807, 2.05) is 0 Å². The van der Waals surface area contributed by atoms with Crippen molar-refractivity contribution in [2.45, 2.75) is 260 Å². The lowest BCUT2D eigenvalue weighted by Gasteiger charge is -2.50. The molecule has 0 aliphatic carbocycles. The molecule has 9 N–H and O–H groups in total. The molecule has 0 saturated carbocycles. The molecule has 23 atom stereocenters. The molecule has 384 valence electrons. The zero-order valence-electron chi connectivity index (χ0n) is 39.1. The Bertz CT molecular complexity index is 1460. The summed E-state index contributed by atoms with van der Waals surface area (Å²) in [5, 5.41) is 98.2. The summed E-state index contributed by atoms with van der Waals surface area (Å²) in [7, 11) is 0. The van der Waals surface area contributed by atoms with Crippen molar-refractivity contribution in [1.82, 2.24) is 0 Å². The fraction of sp³-hybridized carbons (Fsp3) is 0.956. The Balaban J connectivity index is 1.57. The molecule has 0 radical (unpaired) electrons. The van der Waals surface area contributed by atoms with Crippen molar-refractivity contribution in [3.05, 3.63) is 0 Å². The summed E-state index contributed by atoms with van der Waals surface area (Å²) in [5.41, 5.74) is 0. The lowest BCUT2D eigenvalue weighted by Crippen LogP contribution is -2.68. The number of aliphatic hydroxyl groups is 9. The Hall–Kier alpha value is -1.74. The first-order valence-electron chi connectivity index (χ1n) is 24.1. The van der Waals surface area contributed by atoms with Gasteiger partial charge < -0.3 is 93.3 Å². The predicted octanol–water partition coefficient (Wildman–Crippen LogP) is -0.0496. The molecule has 0 spiro atoms. The lowest BCUT2D eigenvalue weighted by atomic mass is 9.95. The standard InChI is InChI=1S/C45H78O21/c1-7-8-14-17-26-18-15-12-10-9-11-13-16-19-28(48)62-39-36(64-42-35(55)32(52)29(49)23(4)57-42)25(6)59-45(40(39)63-41(56)21(2)22(3)47)66-38-34(54)31(51)27(20-46)61-44(38)65-37-33(53)30(50)24(5)58-43(37)60-26/h21-27,29-40,42-47,49-55H,7-20H2,1-6H3/t21-,22+,23+,24+,25-,26+,27+,29+,30+,31+,32-,33-,34-,35+,36-,37+,38+,39+,40+,42-,43-,44-,45-/m0/s1. The van der Waals surface area contributed by atoms with Crippen molar-refractivity contribution in [2.75, 3.05) is 6.61 Å². The summed E-state index contributed by atoms with van der Waals surface area (Å²) in [5.74, 6) is -2.90. The van der Waals surface area contributed by atoms with E-state index in [9.17, 15) is 55.5 Å². The molecule has 21 nitrogen and oxygen atoms in total. The molecular formula is C45H78O21. The largest absolute Gasteiger partial charge is 0.455 e. The molecule has 5 rings (SSSR count). The van der Waals surface area contributed by atoms with Crippen LogP contribution in [0.4, 0.5) is 0 Å². The van der Waals surface area contributed by atoms with E-state index in [2.05, 4.69) is 6.92 Å². The Morgan fingerprint density at radius 3 is 1.86 bits per heavy atom. The Morgan fingerprint density at radius 1 is 0.636 bits per heavy atom. The quantitative estimate of drug-likeness (QED) is 0.102. The van der Waals surface area contributed by atoms with E-state index in [1.54, 1.807) is 6.92 Å². The molecule has 21 heteroatoms. The van der Waals surface area contributed by atoms with Gasteiger partial charge in [-0.05, 0) is 53.9 Å². The van der Waals surface area contributed by atoms with Crippen molar-refractivity contribution in [2.24, 2.45) is 5.92 Å². The van der Waals surface area contributed by atoms with Gasteiger partial charge in [0.1, 0.15) is 67.1 Å². The van der Waals surface area contributed by atoms with Crippen molar-refractivity contribution >= 4 is 11.9 Å². The topological polar surface area (TPSA) is 309 Å². The van der Waals surface area contributed by atoms with Gasteiger partial charge >= 0.3 is 11.9 Å². The van der Waals surface area contributed by atoms with E-state index in [0.29, 0.717) is 25.7 Å². The number of carbonyl (C=O) groups is 2. The van der Waals surface area contributed by atoms with Gasteiger partial charge in [0.25, 0.3) is 0 Å². The van der Waals surface area contributed by atoms with Crippen LogP contribution in [-0.4, -0.2) is 200 Å². The third-order valence-corrected chi connectivity index (χ3v) is 13.5. The number of rotatable bonds is 10. The van der Waals surface area contributed by atoms with Gasteiger partial charge in [-0.3, -0.25) is 9.59 Å². The van der Waals surface area contributed by atoms with Crippen LogP contribution >= 0.6 is 0 Å². The summed E-state index contributed by atoms with van der Waals surface area (Å²) in [6, 6.07) is 0. The summed E-state index contributed by atoms with van der Waals surface area (Å²) in [4.78, 5) is 27.5. The second-order valence-corrected chi connectivity index (χ2v) is 18.7. The Labute approximate surface area is 386 Å². The van der Waals surface area contributed by atoms with Crippen LogP contribution in [0.15, 0.2) is 0 Å². The highest BCUT2D eigenvalue weighted by Crippen LogP contribution is 2.38. The van der Waals surface area contributed by atoms with Gasteiger partial charge in [0, 0.05) is 6.42 Å². The molecule has 0 unspecified atom stereocenters. The number of fused-ring (bicyclic) bond motifs is 4. The van der Waals surface area contributed by atoms with Crippen molar-refractivity contribution in [3.63, 3.8) is 0 Å². The first-order chi connectivity index (χ1) is 31.4. The minimum atomic E-state index is -1.94. The molecule has 5 aliphatic rings. The monoisotopic (exact) mass is 955 g/mol. The highest BCUT2D eigenvalue weighted by molar-refractivity contribution is 5.73. The summed E-state index contributed by atoms with van der Waals surface area (Å²) in [6.45, 7) is 8.51. The lowest BCUT2D eigenvalue weighted by molar-refractivity contribution is -0.399. The number of hydrogen-bond donors (Lipinski definition) is 9. The molecule has 5 aliphatic heterocycles. The van der Waals surface area contributed by atoms with Gasteiger partial charge in [-0.2, -0.15) is 0 Å². The Kier molecular flexibility index (Phi) is 21.7.